The lowest BCUT2D eigenvalue weighted by Crippen LogP contribution is -2.47. The average molecular weight is 378 g/mol. The van der Waals surface area contributed by atoms with Gasteiger partial charge in [0, 0.05) is 33.3 Å². The summed E-state index contributed by atoms with van der Waals surface area (Å²) < 4.78 is 25.5. The molecule has 150 valence electrons. The van der Waals surface area contributed by atoms with Crippen molar-refractivity contribution in [1.82, 2.24) is 10.2 Å². The van der Waals surface area contributed by atoms with Gasteiger partial charge in [-0.05, 0) is 56.2 Å². The molecule has 2 saturated heterocycles. The van der Waals surface area contributed by atoms with E-state index in [1.807, 2.05) is 12.1 Å². The van der Waals surface area contributed by atoms with Crippen molar-refractivity contribution in [3.8, 4) is 0 Å². The lowest BCUT2D eigenvalue weighted by atomic mass is 10.1. The van der Waals surface area contributed by atoms with Crippen LogP contribution in [0.2, 0.25) is 0 Å². The summed E-state index contributed by atoms with van der Waals surface area (Å²) >= 11 is 0. The first-order valence-corrected chi connectivity index (χ1v) is 10.1. The third kappa shape index (κ3) is 5.91. The third-order valence-electron chi connectivity index (χ3n) is 5.43. The van der Waals surface area contributed by atoms with Crippen LogP contribution in [-0.4, -0.2) is 56.4 Å². The number of likely N-dealkylation sites (tertiary alicyclic amines) is 1. The predicted octanol–water partition coefficient (Wildman–Crippen LogP) is 3.26. The van der Waals surface area contributed by atoms with Gasteiger partial charge in [-0.1, -0.05) is 12.1 Å². The number of hydrogen-bond donors (Lipinski definition) is 1. The Morgan fingerprint density at radius 1 is 1.30 bits per heavy atom. The van der Waals surface area contributed by atoms with Crippen LogP contribution in [0, 0.1) is 12.7 Å². The maximum atomic E-state index is 13.7. The van der Waals surface area contributed by atoms with E-state index in [-0.39, 0.29) is 11.9 Å². The van der Waals surface area contributed by atoms with Gasteiger partial charge in [0.05, 0.1) is 18.8 Å². The van der Waals surface area contributed by atoms with E-state index in [1.54, 1.807) is 20.0 Å². The van der Waals surface area contributed by atoms with E-state index in [2.05, 4.69) is 15.2 Å². The van der Waals surface area contributed by atoms with Gasteiger partial charge < -0.3 is 19.7 Å². The molecule has 2 aliphatic rings. The normalized spacial score (nSPS) is 22.1. The van der Waals surface area contributed by atoms with Crippen LogP contribution >= 0.6 is 0 Å². The Kier molecular flexibility index (Phi) is 7.47. The summed E-state index contributed by atoms with van der Waals surface area (Å²) in [6, 6.07) is 5.35. The first-order chi connectivity index (χ1) is 13.2. The van der Waals surface area contributed by atoms with Crippen LogP contribution in [0.1, 0.15) is 43.2 Å². The highest BCUT2D eigenvalue weighted by atomic mass is 19.1. The number of aryl methyl sites for hydroxylation is 1. The molecule has 3 rings (SSSR count). The van der Waals surface area contributed by atoms with Crippen molar-refractivity contribution in [2.75, 3.05) is 33.4 Å². The highest BCUT2D eigenvalue weighted by Crippen LogP contribution is 2.18. The van der Waals surface area contributed by atoms with Gasteiger partial charge in [0.2, 0.25) is 0 Å². The summed E-state index contributed by atoms with van der Waals surface area (Å²) in [6.45, 7) is 5.77. The molecular weight excluding hydrogens is 345 g/mol. The summed E-state index contributed by atoms with van der Waals surface area (Å²) in [5.74, 6) is 0.703. The van der Waals surface area contributed by atoms with Crippen molar-refractivity contribution >= 4 is 5.96 Å². The summed E-state index contributed by atoms with van der Waals surface area (Å²) in [4.78, 5) is 6.64. The van der Waals surface area contributed by atoms with Crippen molar-refractivity contribution < 1.29 is 13.9 Å². The Balaban J connectivity index is 1.40. The molecule has 0 radical (unpaired) electrons. The zero-order chi connectivity index (χ0) is 19.1. The number of guanidine groups is 1. The number of piperidine rings is 1. The molecule has 1 unspecified atom stereocenters. The summed E-state index contributed by atoms with van der Waals surface area (Å²) in [5.41, 5.74) is 1.59. The fourth-order valence-corrected chi connectivity index (χ4v) is 3.68. The lowest BCUT2D eigenvalue weighted by Gasteiger charge is -2.35. The highest BCUT2D eigenvalue weighted by molar-refractivity contribution is 5.79. The fourth-order valence-electron chi connectivity index (χ4n) is 3.68. The Hall–Kier alpha value is -1.66. The fraction of sp³-hybridized carbons (Fsp3) is 0.667. The van der Waals surface area contributed by atoms with Gasteiger partial charge >= 0.3 is 0 Å². The molecule has 1 N–H and O–H groups in total. The second kappa shape index (κ2) is 10.0. The molecular formula is C21H32FN3O2. The van der Waals surface area contributed by atoms with Gasteiger partial charge in [0.25, 0.3) is 0 Å². The zero-order valence-electron chi connectivity index (χ0n) is 16.5. The van der Waals surface area contributed by atoms with E-state index in [0.29, 0.717) is 18.2 Å². The van der Waals surface area contributed by atoms with Gasteiger partial charge in [-0.15, -0.1) is 0 Å². The highest BCUT2D eigenvalue weighted by Gasteiger charge is 2.23. The van der Waals surface area contributed by atoms with Gasteiger partial charge in [-0.2, -0.15) is 0 Å². The maximum Gasteiger partial charge on any atom is 0.193 e. The first kappa shape index (κ1) is 20.1. The molecule has 1 aromatic carbocycles. The molecule has 0 saturated carbocycles. The number of rotatable bonds is 5. The second-order valence-electron chi connectivity index (χ2n) is 7.49. The van der Waals surface area contributed by atoms with Crippen molar-refractivity contribution in [1.29, 1.82) is 0 Å². The number of ether oxygens (including phenoxy) is 2. The number of aliphatic imine (C=N–C) groups is 1. The van der Waals surface area contributed by atoms with Gasteiger partial charge in [-0.3, -0.25) is 4.99 Å². The molecule has 1 aromatic rings. The Bertz CT molecular complexity index is 624. The van der Waals surface area contributed by atoms with E-state index >= 15 is 0 Å². The van der Waals surface area contributed by atoms with Crippen molar-refractivity contribution in [2.24, 2.45) is 4.99 Å². The third-order valence-corrected chi connectivity index (χ3v) is 5.43. The Labute approximate surface area is 161 Å². The van der Waals surface area contributed by atoms with E-state index < -0.39 is 0 Å². The van der Waals surface area contributed by atoms with Crippen LogP contribution in [0.5, 0.6) is 0 Å². The van der Waals surface area contributed by atoms with Gasteiger partial charge in [0.1, 0.15) is 5.82 Å². The smallest absolute Gasteiger partial charge is 0.193 e. The molecule has 0 bridgehead atoms. The van der Waals surface area contributed by atoms with Crippen LogP contribution in [-0.2, 0) is 16.0 Å². The molecule has 0 amide bonds. The SMILES string of the molecule is CN=C(NCc1ccc(C)c(F)c1)N1CCC(OCC2CCCCO2)CC1. The summed E-state index contributed by atoms with van der Waals surface area (Å²) in [5, 5.41) is 3.35. The molecule has 2 heterocycles. The average Bonchev–Trinajstić information content (AvgIpc) is 2.71. The van der Waals surface area contributed by atoms with Crippen LogP contribution in [0.25, 0.3) is 0 Å². The lowest BCUT2D eigenvalue weighted by molar-refractivity contribution is -0.0721. The van der Waals surface area contributed by atoms with E-state index in [0.717, 1.165) is 57.1 Å². The van der Waals surface area contributed by atoms with E-state index in [4.69, 9.17) is 9.47 Å². The standard InChI is InChI=1S/C21H32FN3O2/c1-16-6-7-17(13-20(16)22)14-24-21(23-2)25-10-8-18(9-11-25)27-15-19-5-3-4-12-26-19/h6-7,13,18-19H,3-5,8-12,14-15H2,1-2H3,(H,23,24). The monoisotopic (exact) mass is 377 g/mol. The quantitative estimate of drug-likeness (QED) is 0.632. The number of hydrogen-bond acceptors (Lipinski definition) is 3. The van der Waals surface area contributed by atoms with Crippen molar-refractivity contribution in [3.63, 3.8) is 0 Å². The molecule has 5 nitrogen and oxygen atoms in total. The molecule has 27 heavy (non-hydrogen) atoms. The number of nitrogens with one attached hydrogen (secondary N) is 1. The molecule has 1 atom stereocenters. The Morgan fingerprint density at radius 2 is 2.11 bits per heavy atom. The minimum absolute atomic E-state index is 0.163. The van der Waals surface area contributed by atoms with E-state index in [9.17, 15) is 4.39 Å². The van der Waals surface area contributed by atoms with Crippen molar-refractivity contribution in [3.05, 3.63) is 35.1 Å². The predicted molar refractivity (Wildman–Crippen MR) is 105 cm³/mol. The minimum Gasteiger partial charge on any atom is -0.376 e. The van der Waals surface area contributed by atoms with E-state index in [1.165, 1.54) is 12.8 Å². The zero-order valence-corrected chi connectivity index (χ0v) is 16.5. The second-order valence-corrected chi connectivity index (χ2v) is 7.49. The van der Waals surface area contributed by atoms with Crippen LogP contribution in [0.3, 0.4) is 0 Å². The number of halogens is 1. The maximum absolute atomic E-state index is 13.7. The molecule has 0 aromatic heterocycles. The Morgan fingerprint density at radius 3 is 2.78 bits per heavy atom. The first-order valence-electron chi connectivity index (χ1n) is 10.1. The van der Waals surface area contributed by atoms with Gasteiger partial charge in [-0.25, -0.2) is 4.39 Å². The molecule has 6 heteroatoms. The molecule has 0 spiro atoms. The van der Waals surface area contributed by atoms with Crippen LogP contribution < -0.4 is 5.32 Å². The molecule has 2 aliphatic heterocycles. The summed E-state index contributed by atoms with van der Waals surface area (Å²) in [7, 11) is 1.79. The minimum atomic E-state index is -0.163. The van der Waals surface area contributed by atoms with Gasteiger partial charge in [0.15, 0.2) is 5.96 Å². The number of benzene rings is 1. The van der Waals surface area contributed by atoms with Crippen molar-refractivity contribution in [2.45, 2.75) is 57.8 Å². The largest absolute Gasteiger partial charge is 0.376 e. The molecule has 2 fully saturated rings. The molecule has 0 aliphatic carbocycles. The van der Waals surface area contributed by atoms with Crippen LogP contribution in [0.15, 0.2) is 23.2 Å². The number of nitrogens with zero attached hydrogens (tertiary/aromatic N) is 2. The topological polar surface area (TPSA) is 46.1 Å². The summed E-state index contributed by atoms with van der Waals surface area (Å²) in [6.07, 6.45) is 6.11. The van der Waals surface area contributed by atoms with Crippen LogP contribution in [0.4, 0.5) is 4.39 Å².